The number of carbonyl (C=O) groups excluding carboxylic acids is 8. The van der Waals surface area contributed by atoms with Crippen LogP contribution in [0.1, 0.15) is 239 Å². The monoisotopic (exact) mass is 1120 g/mol. The molecule has 0 aromatic rings. The van der Waals surface area contributed by atoms with Crippen LogP contribution in [-0.2, 0) is 83.5 Å². The summed E-state index contributed by atoms with van der Waals surface area (Å²) < 4.78 is 21.7. The number of carboxylic acid groups (broad SMARTS) is 4. The van der Waals surface area contributed by atoms with Gasteiger partial charge in [0.15, 0.2) is 45.5 Å². The number of Topliss-reactive ketones (excluding diaryl/α,β-unsaturated/α-hetero) is 4. The molecule has 0 aromatic carbocycles. The fourth-order valence-corrected chi connectivity index (χ4v) is 8.12. The van der Waals surface area contributed by atoms with Crippen LogP contribution in [0.2, 0.25) is 0 Å². The molecular weight excluding hydrogens is 1020 g/mol. The molecule has 17 heteroatoms. The molecule has 0 aromatic heterocycles. The van der Waals surface area contributed by atoms with Gasteiger partial charge < -0.3 is 58.6 Å². The van der Waals surface area contributed by atoms with E-state index in [2.05, 4.69) is 0 Å². The van der Waals surface area contributed by atoms with Crippen molar-refractivity contribution in [2.75, 3.05) is 26.4 Å². The molecule has 0 radical (unpaired) electrons. The summed E-state index contributed by atoms with van der Waals surface area (Å²) in [6.45, 7) is 30.7. The van der Waals surface area contributed by atoms with Crippen molar-refractivity contribution in [2.24, 2.45) is 23.7 Å². The largest absolute Gasteiger partial charge is 4.00 e. The van der Waals surface area contributed by atoms with Crippen molar-refractivity contribution in [2.45, 2.75) is 262 Å². The molecule has 0 amide bonds. The number of ether oxygens (including phenoxy) is 4. The Balaban J connectivity index is -0.000000280. The minimum Gasteiger partial charge on any atom is -0.546 e. The molecule has 0 aliphatic carbocycles. The molecule has 0 spiro atoms. The molecule has 16 nitrogen and oxygen atoms in total. The van der Waals surface area contributed by atoms with Crippen LogP contribution in [0.5, 0.6) is 0 Å². The first-order valence-corrected chi connectivity index (χ1v) is 27.6. The summed E-state index contributed by atoms with van der Waals surface area (Å²) in [6, 6.07) is 0. The Morgan fingerprint density at radius 2 is 0.438 bits per heavy atom. The van der Waals surface area contributed by atoms with Crippen molar-refractivity contribution in [3.8, 4) is 0 Å². The Morgan fingerprint density at radius 3 is 0.521 bits per heavy atom. The molecule has 0 N–H and O–H groups in total. The maximum absolute atomic E-state index is 12.3. The molecule has 0 aliphatic rings. The molecule has 0 rings (SSSR count). The summed E-state index contributed by atoms with van der Waals surface area (Å²) in [7, 11) is 0. The Hall–Kier alpha value is -2.72. The van der Waals surface area contributed by atoms with E-state index < -0.39 is 46.3 Å². The number of hydrogen-bond donors (Lipinski definition) is 0. The Bertz CT molecular complexity index is 1320. The third-order valence-electron chi connectivity index (χ3n) is 13.7. The molecule has 0 saturated carbocycles. The summed E-state index contributed by atoms with van der Waals surface area (Å²) in [5.41, 5.74) is -7.03. The van der Waals surface area contributed by atoms with Crippen LogP contribution >= 0.6 is 0 Å². The predicted octanol–water partition coefficient (Wildman–Crippen LogP) is 6.83. The van der Waals surface area contributed by atoms with Gasteiger partial charge in [-0.3, -0.25) is 19.2 Å². The van der Waals surface area contributed by atoms with Gasteiger partial charge in [0.1, 0.15) is 0 Å². The number of aliphatic carboxylic acids is 4. The zero-order chi connectivity index (χ0) is 56.7. The zero-order valence-corrected chi connectivity index (χ0v) is 50.8. The van der Waals surface area contributed by atoms with E-state index in [9.17, 15) is 58.8 Å². The summed E-state index contributed by atoms with van der Waals surface area (Å²) in [5, 5.41) is 45.5. The van der Waals surface area contributed by atoms with E-state index in [1.807, 2.05) is 83.1 Å². The quantitative estimate of drug-likeness (QED) is 0.0450. The Morgan fingerprint density at radius 1 is 0.301 bits per heavy atom. The predicted molar refractivity (Wildman–Crippen MR) is 272 cm³/mol. The molecular formula is C56H100O16Zr. The van der Waals surface area contributed by atoms with Gasteiger partial charge in [-0.05, 0) is 103 Å². The van der Waals surface area contributed by atoms with Crippen molar-refractivity contribution < 1.29 is 104 Å². The summed E-state index contributed by atoms with van der Waals surface area (Å²) in [4.78, 5) is 94.9. The fraction of sp³-hybridized carbons (Fsp3) is 0.857. The van der Waals surface area contributed by atoms with Crippen molar-refractivity contribution in [3.05, 3.63) is 0 Å². The second-order valence-corrected chi connectivity index (χ2v) is 18.2. The second-order valence-electron chi connectivity index (χ2n) is 18.2. The van der Waals surface area contributed by atoms with Crippen LogP contribution in [0.15, 0.2) is 0 Å². The Kier molecular flexibility index (Phi) is 48.2. The number of ketones is 4. The molecule has 0 fully saturated rings. The van der Waals surface area contributed by atoms with E-state index in [0.29, 0.717) is 51.4 Å². The second kappa shape index (κ2) is 44.4. The minimum atomic E-state index is -1.76. The number of unbranched alkanes of at least 4 members (excludes halogenated alkanes) is 4. The van der Waals surface area contributed by atoms with E-state index in [4.69, 9.17) is 18.9 Å². The standard InChI is InChI=1S/4C14H26O4.Zr/c4*1-5-9-10-18-14(8-4,13(16)17)12(15)11(6-2)7-3;/h4*11H,5-10H2,1-4H3,(H,16,17);/q;;;;+4/p-4. The molecule has 73 heavy (non-hydrogen) atoms. The van der Waals surface area contributed by atoms with Gasteiger partial charge in [0.25, 0.3) is 0 Å². The van der Waals surface area contributed by atoms with Gasteiger partial charge in [-0.1, -0.05) is 136 Å². The van der Waals surface area contributed by atoms with Crippen molar-refractivity contribution in [1.82, 2.24) is 0 Å². The average Bonchev–Trinajstić information content (AvgIpc) is 3.36. The van der Waals surface area contributed by atoms with Crippen LogP contribution in [0.25, 0.3) is 0 Å². The maximum Gasteiger partial charge on any atom is 4.00 e. The first-order valence-electron chi connectivity index (χ1n) is 27.6. The SMILES string of the molecule is CCCCOC(CC)(C(=O)[O-])C(=O)C(CC)CC.CCCCOC(CC)(C(=O)[O-])C(=O)C(CC)CC.CCCCOC(CC)(C(=O)[O-])C(=O)C(CC)CC.CCCCOC(CC)(C(=O)[O-])C(=O)C(CC)CC.[Zr+4]. The van der Waals surface area contributed by atoms with Crippen LogP contribution in [0.3, 0.4) is 0 Å². The van der Waals surface area contributed by atoms with Crippen LogP contribution in [0.4, 0.5) is 0 Å². The first-order chi connectivity index (χ1) is 34.0. The van der Waals surface area contributed by atoms with Gasteiger partial charge in [-0.15, -0.1) is 0 Å². The smallest absolute Gasteiger partial charge is 0.546 e. The van der Waals surface area contributed by atoms with Gasteiger partial charge in [0.2, 0.25) is 0 Å². The summed E-state index contributed by atoms with van der Waals surface area (Å²) >= 11 is 0. The van der Waals surface area contributed by atoms with Gasteiger partial charge in [0.05, 0.1) is 23.9 Å². The first kappa shape index (κ1) is 79.2. The van der Waals surface area contributed by atoms with E-state index in [-0.39, 0.29) is 125 Å². The van der Waals surface area contributed by atoms with E-state index in [1.54, 1.807) is 27.7 Å². The van der Waals surface area contributed by atoms with Gasteiger partial charge in [0, 0.05) is 50.1 Å². The molecule has 0 bridgehead atoms. The number of carboxylic acids is 4. The van der Waals surface area contributed by atoms with E-state index in [1.165, 1.54) is 0 Å². The van der Waals surface area contributed by atoms with Crippen molar-refractivity contribution >= 4 is 47.0 Å². The van der Waals surface area contributed by atoms with Gasteiger partial charge in [-0.25, -0.2) is 0 Å². The summed E-state index contributed by atoms with van der Waals surface area (Å²) in [5.74, 6) is -8.08. The van der Waals surface area contributed by atoms with Crippen molar-refractivity contribution in [1.29, 1.82) is 0 Å². The third kappa shape index (κ3) is 24.4. The van der Waals surface area contributed by atoms with Crippen LogP contribution in [-0.4, -0.2) is 95.8 Å². The Labute approximate surface area is 460 Å². The normalized spacial score (nSPS) is 14.3. The number of carbonyl (C=O) groups is 8. The molecule has 424 valence electrons. The minimum absolute atomic E-state index is 0. The maximum atomic E-state index is 12.3. The van der Waals surface area contributed by atoms with E-state index in [0.717, 1.165) is 51.4 Å². The van der Waals surface area contributed by atoms with Crippen LogP contribution in [0, 0.1) is 23.7 Å². The van der Waals surface area contributed by atoms with Crippen molar-refractivity contribution in [3.63, 3.8) is 0 Å². The molecule has 0 aliphatic heterocycles. The molecule has 4 unspecified atom stereocenters. The molecule has 0 saturated heterocycles. The molecule has 0 heterocycles. The topological polar surface area (TPSA) is 266 Å². The van der Waals surface area contributed by atoms with Gasteiger partial charge >= 0.3 is 26.2 Å². The summed E-state index contributed by atoms with van der Waals surface area (Å²) in [6.07, 6.45) is 12.0. The zero-order valence-electron chi connectivity index (χ0n) is 48.3. The number of rotatable bonds is 40. The number of hydrogen-bond acceptors (Lipinski definition) is 16. The molecule has 4 atom stereocenters. The van der Waals surface area contributed by atoms with Crippen LogP contribution < -0.4 is 20.4 Å². The van der Waals surface area contributed by atoms with E-state index >= 15 is 0 Å². The third-order valence-corrected chi connectivity index (χ3v) is 13.7. The average molecular weight is 1120 g/mol. The van der Waals surface area contributed by atoms with Gasteiger partial charge in [-0.2, -0.15) is 0 Å². The fourth-order valence-electron chi connectivity index (χ4n) is 8.12.